The molecule has 32 heavy (non-hydrogen) atoms. The van der Waals surface area contributed by atoms with E-state index < -0.39 is 0 Å². The number of rotatable bonds is 8. The minimum absolute atomic E-state index is 0.149. The van der Waals surface area contributed by atoms with Crippen LogP contribution in [-0.2, 0) is 17.6 Å². The Morgan fingerprint density at radius 3 is 2.78 bits per heavy atom. The number of nitrogens with zero attached hydrogens (tertiary/aromatic N) is 3. The number of methoxy groups -OCH3 is 1. The van der Waals surface area contributed by atoms with Crippen molar-refractivity contribution in [3.05, 3.63) is 65.5 Å². The quantitative estimate of drug-likeness (QED) is 0.498. The van der Waals surface area contributed by atoms with Crippen LogP contribution in [0, 0.1) is 0 Å². The Morgan fingerprint density at radius 1 is 1.22 bits per heavy atom. The molecule has 1 atom stereocenters. The van der Waals surface area contributed by atoms with Gasteiger partial charge in [0.1, 0.15) is 5.75 Å². The van der Waals surface area contributed by atoms with Crippen molar-refractivity contribution in [3.8, 4) is 17.1 Å². The summed E-state index contributed by atoms with van der Waals surface area (Å²) in [4.78, 5) is 19.4. The van der Waals surface area contributed by atoms with E-state index in [9.17, 15) is 4.79 Å². The highest BCUT2D eigenvalue weighted by Gasteiger charge is 2.28. The van der Waals surface area contributed by atoms with Crippen LogP contribution < -0.4 is 4.74 Å². The van der Waals surface area contributed by atoms with Crippen LogP contribution in [0.4, 0.5) is 0 Å². The highest BCUT2D eigenvalue weighted by molar-refractivity contribution is 5.77. The molecule has 1 unspecified atom stereocenters. The SMILES string of the molecule is COc1cccc(CC2CCCN2C(=O)CCc2nc(-c3ccc(C(C)C)cc3)no2)c1. The molecule has 6 nitrogen and oxygen atoms in total. The van der Waals surface area contributed by atoms with Crippen LogP contribution in [0.5, 0.6) is 5.75 Å². The summed E-state index contributed by atoms with van der Waals surface area (Å²) in [5.74, 6) is 2.56. The van der Waals surface area contributed by atoms with Crippen LogP contribution in [0.2, 0.25) is 0 Å². The van der Waals surface area contributed by atoms with Gasteiger partial charge in [0.25, 0.3) is 0 Å². The van der Waals surface area contributed by atoms with Gasteiger partial charge in [0.15, 0.2) is 0 Å². The van der Waals surface area contributed by atoms with E-state index in [2.05, 4.69) is 48.3 Å². The summed E-state index contributed by atoms with van der Waals surface area (Å²) in [6.45, 7) is 5.14. The van der Waals surface area contributed by atoms with E-state index in [4.69, 9.17) is 9.26 Å². The highest BCUT2D eigenvalue weighted by Crippen LogP contribution is 2.25. The summed E-state index contributed by atoms with van der Waals surface area (Å²) in [6.07, 6.45) is 3.75. The van der Waals surface area contributed by atoms with Gasteiger partial charge in [0, 0.05) is 31.0 Å². The summed E-state index contributed by atoms with van der Waals surface area (Å²) in [6, 6.07) is 16.5. The molecule has 0 saturated carbocycles. The summed E-state index contributed by atoms with van der Waals surface area (Å²) in [5, 5.41) is 4.10. The van der Waals surface area contributed by atoms with Gasteiger partial charge < -0.3 is 14.2 Å². The molecule has 4 rings (SSSR count). The maximum Gasteiger partial charge on any atom is 0.227 e. The molecule has 0 aliphatic carbocycles. The molecule has 0 radical (unpaired) electrons. The van der Waals surface area contributed by atoms with Crippen LogP contribution >= 0.6 is 0 Å². The van der Waals surface area contributed by atoms with Gasteiger partial charge in [0.2, 0.25) is 17.6 Å². The van der Waals surface area contributed by atoms with E-state index in [-0.39, 0.29) is 11.9 Å². The molecule has 6 heteroatoms. The Hall–Kier alpha value is -3.15. The second kappa shape index (κ2) is 9.98. The smallest absolute Gasteiger partial charge is 0.227 e. The maximum atomic E-state index is 12.9. The fourth-order valence-corrected chi connectivity index (χ4v) is 4.30. The molecule has 1 aromatic heterocycles. The molecule has 2 heterocycles. The zero-order valence-corrected chi connectivity index (χ0v) is 19.1. The van der Waals surface area contributed by atoms with Gasteiger partial charge in [-0.2, -0.15) is 4.98 Å². The maximum absolute atomic E-state index is 12.9. The summed E-state index contributed by atoms with van der Waals surface area (Å²) in [7, 11) is 1.67. The Kier molecular flexibility index (Phi) is 6.88. The van der Waals surface area contributed by atoms with Gasteiger partial charge >= 0.3 is 0 Å². The van der Waals surface area contributed by atoms with E-state index in [1.54, 1.807) is 7.11 Å². The molecule has 1 saturated heterocycles. The Labute approximate surface area is 189 Å². The molecular formula is C26H31N3O3. The number of likely N-dealkylation sites (tertiary alicyclic amines) is 1. The van der Waals surface area contributed by atoms with Crippen LogP contribution in [0.3, 0.4) is 0 Å². The first-order chi connectivity index (χ1) is 15.5. The molecular weight excluding hydrogens is 402 g/mol. The molecule has 1 aliphatic heterocycles. The van der Waals surface area contributed by atoms with Crippen LogP contribution in [0.1, 0.15) is 56.0 Å². The molecule has 0 bridgehead atoms. The summed E-state index contributed by atoms with van der Waals surface area (Å²) < 4.78 is 10.7. The van der Waals surface area contributed by atoms with Crippen LogP contribution in [0.25, 0.3) is 11.4 Å². The first-order valence-electron chi connectivity index (χ1n) is 11.4. The van der Waals surface area contributed by atoms with E-state index in [0.29, 0.717) is 30.5 Å². The fourth-order valence-electron chi connectivity index (χ4n) is 4.30. The molecule has 2 aromatic carbocycles. The molecule has 0 N–H and O–H groups in total. The van der Waals surface area contributed by atoms with E-state index >= 15 is 0 Å². The molecule has 1 amide bonds. The predicted octanol–water partition coefficient (Wildman–Crippen LogP) is 5.03. The third-order valence-corrected chi connectivity index (χ3v) is 6.16. The van der Waals surface area contributed by atoms with Crippen molar-refractivity contribution in [1.29, 1.82) is 0 Å². The minimum Gasteiger partial charge on any atom is -0.497 e. The number of ether oxygens (including phenoxy) is 1. The lowest BCUT2D eigenvalue weighted by Crippen LogP contribution is -2.36. The second-order valence-corrected chi connectivity index (χ2v) is 8.73. The average molecular weight is 434 g/mol. The highest BCUT2D eigenvalue weighted by atomic mass is 16.5. The van der Waals surface area contributed by atoms with Gasteiger partial charge in [-0.3, -0.25) is 4.79 Å². The first-order valence-corrected chi connectivity index (χ1v) is 11.4. The van der Waals surface area contributed by atoms with Crippen LogP contribution in [-0.4, -0.2) is 40.6 Å². The lowest BCUT2D eigenvalue weighted by Gasteiger charge is -2.25. The monoisotopic (exact) mass is 433 g/mol. The lowest BCUT2D eigenvalue weighted by molar-refractivity contribution is -0.132. The van der Waals surface area contributed by atoms with E-state index in [1.807, 2.05) is 29.2 Å². The standard InChI is InChI=1S/C26H31N3O3/c1-18(2)20-9-11-21(12-10-20)26-27-24(32-28-26)13-14-25(30)29-15-5-7-22(29)16-19-6-4-8-23(17-19)31-3/h4,6,8-12,17-18,22H,5,7,13-16H2,1-3H3. The molecule has 3 aromatic rings. The number of carbonyl (C=O) groups is 1. The summed E-state index contributed by atoms with van der Waals surface area (Å²) >= 11 is 0. The minimum atomic E-state index is 0.149. The zero-order chi connectivity index (χ0) is 22.5. The molecule has 0 spiro atoms. The fraction of sp³-hybridized carbons (Fsp3) is 0.423. The van der Waals surface area contributed by atoms with Gasteiger partial charge in [-0.15, -0.1) is 0 Å². The number of aryl methyl sites for hydroxylation is 1. The van der Waals surface area contributed by atoms with Crippen molar-refractivity contribution in [2.24, 2.45) is 0 Å². The van der Waals surface area contributed by atoms with Crippen molar-refractivity contribution in [1.82, 2.24) is 15.0 Å². The number of aromatic nitrogens is 2. The second-order valence-electron chi connectivity index (χ2n) is 8.73. The first kappa shape index (κ1) is 22.1. The van der Waals surface area contributed by atoms with Gasteiger partial charge in [0.05, 0.1) is 7.11 Å². The number of amides is 1. The van der Waals surface area contributed by atoms with Gasteiger partial charge in [-0.25, -0.2) is 0 Å². The normalized spacial score (nSPS) is 16.0. The number of carbonyl (C=O) groups excluding carboxylic acids is 1. The lowest BCUT2D eigenvalue weighted by atomic mass is 10.0. The van der Waals surface area contributed by atoms with Gasteiger partial charge in [-0.05, 0) is 48.4 Å². The number of benzene rings is 2. The van der Waals surface area contributed by atoms with Crippen molar-refractivity contribution in [2.75, 3.05) is 13.7 Å². The van der Waals surface area contributed by atoms with E-state index in [0.717, 1.165) is 37.1 Å². The largest absolute Gasteiger partial charge is 0.497 e. The average Bonchev–Trinajstić information content (AvgIpc) is 3.47. The number of hydrogen-bond donors (Lipinski definition) is 0. The van der Waals surface area contributed by atoms with Gasteiger partial charge in [-0.1, -0.05) is 55.4 Å². The molecule has 168 valence electrons. The van der Waals surface area contributed by atoms with Crippen molar-refractivity contribution >= 4 is 5.91 Å². The molecule has 1 aliphatic rings. The Balaban J connectivity index is 1.34. The Bertz CT molecular complexity index is 1040. The third-order valence-electron chi connectivity index (χ3n) is 6.16. The Morgan fingerprint density at radius 2 is 2.03 bits per heavy atom. The van der Waals surface area contributed by atoms with E-state index in [1.165, 1.54) is 11.1 Å². The predicted molar refractivity (Wildman–Crippen MR) is 124 cm³/mol. The van der Waals surface area contributed by atoms with Crippen molar-refractivity contribution in [2.45, 2.75) is 57.9 Å². The van der Waals surface area contributed by atoms with Crippen LogP contribution in [0.15, 0.2) is 53.1 Å². The van der Waals surface area contributed by atoms with Crippen molar-refractivity contribution in [3.63, 3.8) is 0 Å². The third kappa shape index (κ3) is 5.18. The molecule has 1 fully saturated rings. The number of hydrogen-bond acceptors (Lipinski definition) is 5. The topological polar surface area (TPSA) is 68.5 Å². The zero-order valence-electron chi connectivity index (χ0n) is 19.1. The van der Waals surface area contributed by atoms with Crippen molar-refractivity contribution < 1.29 is 14.1 Å². The summed E-state index contributed by atoms with van der Waals surface area (Å²) in [5.41, 5.74) is 3.39.